The van der Waals surface area contributed by atoms with Crippen molar-refractivity contribution >= 4 is 17.2 Å². The summed E-state index contributed by atoms with van der Waals surface area (Å²) in [4.78, 5) is 7.98. The van der Waals surface area contributed by atoms with Crippen LogP contribution in [-0.4, -0.2) is 78.6 Å². The van der Waals surface area contributed by atoms with Crippen molar-refractivity contribution in [2.45, 2.75) is 18.4 Å². The van der Waals surface area contributed by atoms with Crippen LogP contribution in [0, 0.1) is 0 Å². The van der Waals surface area contributed by atoms with E-state index in [0.29, 0.717) is 4.99 Å². The molecule has 0 aliphatic carbocycles. The summed E-state index contributed by atoms with van der Waals surface area (Å²) in [7, 11) is 4.35. The number of likely N-dealkylation sites (N-methyl/N-ethyl adjacent to an activating group) is 1. The zero-order valence-electron chi connectivity index (χ0n) is 11.0. The third kappa shape index (κ3) is 2.62. The van der Waals surface area contributed by atoms with Crippen LogP contribution in [0.1, 0.15) is 12.8 Å². The first-order chi connectivity index (χ1) is 8.04. The summed E-state index contributed by atoms with van der Waals surface area (Å²) in [6.45, 7) is 6.64. The summed E-state index contributed by atoms with van der Waals surface area (Å²) in [6.07, 6.45) is 2.17. The summed E-state index contributed by atoms with van der Waals surface area (Å²) in [5.74, 6) is 0. The standard InChI is InChI=1S/C12H24N4S/c1-14-5-3-12(4-6-14,11(13)17)16-9-7-15(2)8-10-16/h3-10H2,1-2H3,(H2,13,17). The number of hydrogen-bond donors (Lipinski definition) is 1. The zero-order valence-corrected chi connectivity index (χ0v) is 11.8. The summed E-state index contributed by atoms with van der Waals surface area (Å²) in [6, 6.07) is 0. The van der Waals surface area contributed by atoms with Gasteiger partial charge in [-0.1, -0.05) is 12.2 Å². The second-order valence-electron chi connectivity index (χ2n) is 5.49. The highest BCUT2D eigenvalue weighted by atomic mass is 32.1. The molecule has 98 valence electrons. The van der Waals surface area contributed by atoms with E-state index in [4.69, 9.17) is 18.0 Å². The Bertz CT molecular complexity index is 278. The molecule has 4 nitrogen and oxygen atoms in total. The third-order valence-corrected chi connectivity index (χ3v) is 4.76. The van der Waals surface area contributed by atoms with E-state index >= 15 is 0 Å². The van der Waals surface area contributed by atoms with Gasteiger partial charge >= 0.3 is 0 Å². The Kier molecular flexibility index (Phi) is 4.02. The van der Waals surface area contributed by atoms with Crippen molar-refractivity contribution in [3.05, 3.63) is 0 Å². The number of thiocarbonyl (C=S) groups is 1. The number of nitrogens with two attached hydrogens (primary N) is 1. The van der Waals surface area contributed by atoms with Gasteiger partial charge in [0.2, 0.25) is 0 Å². The van der Waals surface area contributed by atoms with Crippen LogP contribution in [0.4, 0.5) is 0 Å². The SMILES string of the molecule is CN1CCN(C2(C(N)=S)CCN(C)CC2)CC1. The molecule has 2 N–H and O–H groups in total. The highest BCUT2D eigenvalue weighted by Gasteiger charge is 2.42. The Hall–Kier alpha value is -0.230. The molecule has 0 atom stereocenters. The molecule has 0 unspecified atom stereocenters. The van der Waals surface area contributed by atoms with E-state index in [-0.39, 0.29) is 5.54 Å². The van der Waals surface area contributed by atoms with Gasteiger partial charge in [0.05, 0.1) is 10.5 Å². The van der Waals surface area contributed by atoms with Crippen LogP contribution < -0.4 is 5.73 Å². The van der Waals surface area contributed by atoms with Crippen LogP contribution >= 0.6 is 12.2 Å². The van der Waals surface area contributed by atoms with Crippen molar-refractivity contribution in [3.63, 3.8) is 0 Å². The molecule has 2 fully saturated rings. The molecule has 0 spiro atoms. The predicted molar refractivity (Wildman–Crippen MR) is 75.3 cm³/mol. The van der Waals surface area contributed by atoms with Crippen molar-refractivity contribution in [2.75, 3.05) is 53.4 Å². The number of rotatable bonds is 2. The van der Waals surface area contributed by atoms with Gasteiger partial charge in [-0.05, 0) is 26.9 Å². The predicted octanol–water partition coefficient (Wildman–Crippen LogP) is -0.0157. The van der Waals surface area contributed by atoms with Crippen molar-refractivity contribution in [1.29, 1.82) is 0 Å². The molecule has 0 radical (unpaired) electrons. The lowest BCUT2D eigenvalue weighted by Gasteiger charge is -2.50. The van der Waals surface area contributed by atoms with Crippen LogP contribution in [0.3, 0.4) is 0 Å². The molecule has 0 amide bonds. The molecule has 2 heterocycles. The molecule has 2 aliphatic rings. The van der Waals surface area contributed by atoms with Crippen molar-refractivity contribution in [3.8, 4) is 0 Å². The maximum absolute atomic E-state index is 6.07. The monoisotopic (exact) mass is 256 g/mol. The second-order valence-corrected chi connectivity index (χ2v) is 5.93. The minimum atomic E-state index is -0.0108. The average molecular weight is 256 g/mol. The minimum absolute atomic E-state index is 0.0108. The first kappa shape index (κ1) is 13.2. The fourth-order valence-corrected chi connectivity index (χ4v) is 3.27. The van der Waals surface area contributed by atoms with Crippen molar-refractivity contribution in [2.24, 2.45) is 5.73 Å². The van der Waals surface area contributed by atoms with Gasteiger partial charge in [0, 0.05) is 39.3 Å². The van der Waals surface area contributed by atoms with Crippen LogP contribution in [-0.2, 0) is 0 Å². The molecule has 2 saturated heterocycles. The van der Waals surface area contributed by atoms with Gasteiger partial charge in [-0.25, -0.2) is 0 Å². The van der Waals surface area contributed by atoms with Gasteiger partial charge in [0.25, 0.3) is 0 Å². The molecule has 17 heavy (non-hydrogen) atoms. The van der Waals surface area contributed by atoms with Gasteiger partial charge in [-0.15, -0.1) is 0 Å². The maximum Gasteiger partial charge on any atom is 0.0935 e. The molecule has 0 aromatic carbocycles. The second kappa shape index (κ2) is 5.18. The summed E-state index contributed by atoms with van der Waals surface area (Å²) < 4.78 is 0. The lowest BCUT2D eigenvalue weighted by atomic mass is 9.85. The highest BCUT2D eigenvalue weighted by molar-refractivity contribution is 7.80. The Morgan fingerprint density at radius 2 is 1.41 bits per heavy atom. The van der Waals surface area contributed by atoms with Gasteiger partial charge in [0.1, 0.15) is 0 Å². The molecule has 0 saturated carbocycles. The largest absolute Gasteiger partial charge is 0.392 e. The quantitative estimate of drug-likeness (QED) is 0.703. The van der Waals surface area contributed by atoms with E-state index < -0.39 is 0 Å². The first-order valence-corrected chi connectivity index (χ1v) is 6.87. The van der Waals surface area contributed by atoms with E-state index in [1.165, 1.54) is 0 Å². The van der Waals surface area contributed by atoms with Crippen LogP contribution in [0.2, 0.25) is 0 Å². The van der Waals surface area contributed by atoms with Gasteiger partial charge < -0.3 is 15.5 Å². The maximum atomic E-state index is 6.07. The van der Waals surface area contributed by atoms with Gasteiger partial charge in [0.15, 0.2) is 0 Å². The van der Waals surface area contributed by atoms with Crippen LogP contribution in [0.5, 0.6) is 0 Å². The highest BCUT2D eigenvalue weighted by Crippen LogP contribution is 2.29. The van der Waals surface area contributed by atoms with E-state index in [1.807, 2.05) is 0 Å². The molecule has 2 rings (SSSR count). The number of nitrogens with zero attached hydrogens (tertiary/aromatic N) is 3. The smallest absolute Gasteiger partial charge is 0.0935 e. The number of piperidine rings is 1. The Balaban J connectivity index is 2.09. The Morgan fingerprint density at radius 3 is 1.88 bits per heavy atom. The molecular weight excluding hydrogens is 232 g/mol. The Morgan fingerprint density at radius 1 is 0.941 bits per heavy atom. The molecule has 0 bridgehead atoms. The fraction of sp³-hybridized carbons (Fsp3) is 0.917. The topological polar surface area (TPSA) is 35.7 Å². The van der Waals surface area contributed by atoms with E-state index in [0.717, 1.165) is 52.1 Å². The molecular formula is C12H24N4S. The van der Waals surface area contributed by atoms with Crippen LogP contribution in [0.25, 0.3) is 0 Å². The van der Waals surface area contributed by atoms with Gasteiger partial charge in [-0.3, -0.25) is 4.90 Å². The van der Waals surface area contributed by atoms with Crippen molar-refractivity contribution in [1.82, 2.24) is 14.7 Å². The summed E-state index contributed by atoms with van der Waals surface area (Å²) in [5, 5.41) is 0. The first-order valence-electron chi connectivity index (χ1n) is 6.47. The normalized spacial score (nSPS) is 28.1. The molecule has 5 heteroatoms. The minimum Gasteiger partial charge on any atom is -0.392 e. The van der Waals surface area contributed by atoms with E-state index in [1.54, 1.807) is 0 Å². The number of hydrogen-bond acceptors (Lipinski definition) is 4. The van der Waals surface area contributed by atoms with E-state index in [9.17, 15) is 0 Å². The third-order valence-electron chi connectivity index (χ3n) is 4.38. The molecule has 2 aliphatic heterocycles. The lowest BCUT2D eigenvalue weighted by Crippen LogP contribution is -2.65. The van der Waals surface area contributed by atoms with Crippen molar-refractivity contribution < 1.29 is 0 Å². The number of piperazine rings is 1. The average Bonchev–Trinajstić information content (AvgIpc) is 2.31. The zero-order chi connectivity index (χ0) is 12.5. The van der Waals surface area contributed by atoms with E-state index in [2.05, 4.69) is 28.8 Å². The fourth-order valence-electron chi connectivity index (χ4n) is 2.94. The molecule has 0 aromatic rings. The Labute approximate surface area is 110 Å². The van der Waals surface area contributed by atoms with Crippen LogP contribution in [0.15, 0.2) is 0 Å². The van der Waals surface area contributed by atoms with Gasteiger partial charge in [-0.2, -0.15) is 0 Å². The molecule has 0 aromatic heterocycles. The number of likely N-dealkylation sites (tertiary alicyclic amines) is 1. The lowest BCUT2D eigenvalue weighted by molar-refractivity contribution is 0.0414. The summed E-state index contributed by atoms with van der Waals surface area (Å²) in [5.41, 5.74) is 6.06. The summed E-state index contributed by atoms with van der Waals surface area (Å²) >= 11 is 5.38.